The number of nitrogens with zero attached hydrogens (tertiary/aromatic N) is 1. The van der Waals surface area contributed by atoms with Gasteiger partial charge in [0.1, 0.15) is 11.6 Å². The third kappa shape index (κ3) is 3.91. The lowest BCUT2D eigenvalue weighted by Gasteiger charge is -2.25. The van der Waals surface area contributed by atoms with Crippen LogP contribution in [0.3, 0.4) is 0 Å². The van der Waals surface area contributed by atoms with E-state index in [1.54, 1.807) is 0 Å². The van der Waals surface area contributed by atoms with E-state index in [1.165, 1.54) is 0 Å². The van der Waals surface area contributed by atoms with Gasteiger partial charge in [-0.05, 0) is 31.4 Å². The van der Waals surface area contributed by atoms with E-state index < -0.39 is 35.1 Å². The molecular formula is C18H17ClF3NO4. The van der Waals surface area contributed by atoms with Crippen LogP contribution in [0.2, 0.25) is 0 Å². The van der Waals surface area contributed by atoms with Gasteiger partial charge in [0.25, 0.3) is 0 Å². The molecule has 1 heterocycles. The average Bonchev–Trinajstić information content (AvgIpc) is 3.07. The Balaban J connectivity index is 1.95. The maximum Gasteiger partial charge on any atom is 0.433 e. The molecule has 0 saturated heterocycles. The minimum absolute atomic E-state index is 0.0541. The second-order valence-corrected chi connectivity index (χ2v) is 7.12. The number of fused-ring (bicyclic) bond motifs is 2. The number of ketones is 3. The van der Waals surface area contributed by atoms with Gasteiger partial charge in [0.15, 0.2) is 17.3 Å². The van der Waals surface area contributed by atoms with Crippen molar-refractivity contribution in [3.05, 3.63) is 29.1 Å². The molecule has 2 aliphatic carbocycles. The maximum atomic E-state index is 13.0. The molecule has 0 spiro atoms. The van der Waals surface area contributed by atoms with Gasteiger partial charge in [0.2, 0.25) is 0 Å². The summed E-state index contributed by atoms with van der Waals surface area (Å²) < 4.78 is 44.0. The minimum atomic E-state index is -4.70. The van der Waals surface area contributed by atoms with Gasteiger partial charge < -0.3 is 4.74 Å². The van der Waals surface area contributed by atoms with Gasteiger partial charge in [-0.3, -0.25) is 14.4 Å². The van der Waals surface area contributed by atoms with E-state index in [2.05, 4.69) is 4.98 Å². The predicted octanol–water partition coefficient (Wildman–Crippen LogP) is 3.22. The Bertz CT molecular complexity index is 758. The third-order valence-corrected chi connectivity index (χ3v) is 5.21. The molecule has 0 aromatic carbocycles. The topological polar surface area (TPSA) is 73.3 Å². The fourth-order valence-electron chi connectivity index (χ4n) is 3.74. The van der Waals surface area contributed by atoms with Crippen LogP contribution in [0, 0.1) is 17.8 Å². The number of ether oxygens (including phenoxy) is 1. The van der Waals surface area contributed by atoms with Gasteiger partial charge in [-0.2, -0.15) is 13.2 Å². The summed E-state index contributed by atoms with van der Waals surface area (Å²) in [7, 11) is 0. The van der Waals surface area contributed by atoms with Gasteiger partial charge in [-0.25, -0.2) is 4.98 Å². The highest BCUT2D eigenvalue weighted by Gasteiger charge is 2.50. The number of carbonyl (C=O) groups is 3. The van der Waals surface area contributed by atoms with Crippen molar-refractivity contribution in [2.45, 2.75) is 32.0 Å². The highest BCUT2D eigenvalue weighted by atomic mass is 35.5. The first-order valence-corrected chi connectivity index (χ1v) is 9.10. The first-order valence-electron chi connectivity index (χ1n) is 8.56. The highest BCUT2D eigenvalue weighted by Crippen LogP contribution is 2.41. The molecule has 2 atom stereocenters. The SMILES string of the molecule is O=C(c1ccc(C(F)(F)F)nc1COCCCl)C1C(=O)C2CCC(C2)C1=O. The number of Topliss-reactive ketones (excluding diaryl/α,β-unsaturated/α-hetero) is 3. The normalized spacial score (nSPS) is 25.1. The Hall–Kier alpha value is -1.80. The molecule has 1 aromatic rings. The lowest BCUT2D eigenvalue weighted by molar-refractivity contribution is -0.141. The molecule has 0 amide bonds. The van der Waals surface area contributed by atoms with Crippen molar-refractivity contribution in [2.24, 2.45) is 17.8 Å². The average molecular weight is 404 g/mol. The lowest BCUT2D eigenvalue weighted by atomic mass is 9.75. The zero-order valence-corrected chi connectivity index (χ0v) is 15.0. The van der Waals surface area contributed by atoms with E-state index in [9.17, 15) is 27.6 Å². The zero-order valence-electron chi connectivity index (χ0n) is 14.2. The number of aromatic nitrogens is 1. The summed E-state index contributed by atoms with van der Waals surface area (Å²) in [5, 5.41) is 0. The first-order chi connectivity index (χ1) is 12.7. The molecule has 3 rings (SSSR count). The van der Waals surface area contributed by atoms with Crippen molar-refractivity contribution >= 4 is 29.0 Å². The van der Waals surface area contributed by atoms with E-state index in [1.807, 2.05) is 0 Å². The number of rotatable bonds is 6. The Labute approximate surface area is 158 Å². The van der Waals surface area contributed by atoms with Crippen LogP contribution in [-0.2, 0) is 27.1 Å². The van der Waals surface area contributed by atoms with Gasteiger partial charge in [0.05, 0.1) is 18.9 Å². The molecule has 9 heteroatoms. The minimum Gasteiger partial charge on any atom is -0.374 e. The summed E-state index contributed by atoms with van der Waals surface area (Å²) in [4.78, 5) is 41.4. The molecule has 0 N–H and O–H groups in total. The summed E-state index contributed by atoms with van der Waals surface area (Å²) in [6.07, 6.45) is -3.11. The molecule has 2 unspecified atom stereocenters. The summed E-state index contributed by atoms with van der Waals surface area (Å²) in [6.45, 7) is -0.321. The molecule has 0 radical (unpaired) electrons. The molecule has 0 aliphatic heterocycles. The van der Waals surface area contributed by atoms with Crippen molar-refractivity contribution in [2.75, 3.05) is 12.5 Å². The molecule has 1 aromatic heterocycles. The van der Waals surface area contributed by atoms with E-state index >= 15 is 0 Å². The van der Waals surface area contributed by atoms with Crippen molar-refractivity contribution in [1.82, 2.24) is 4.98 Å². The summed E-state index contributed by atoms with van der Waals surface area (Å²) in [5.74, 6) is -3.68. The number of hydrogen-bond acceptors (Lipinski definition) is 5. The van der Waals surface area contributed by atoms with Crippen LogP contribution in [0.15, 0.2) is 12.1 Å². The Morgan fingerprint density at radius 3 is 2.37 bits per heavy atom. The number of halogens is 4. The smallest absolute Gasteiger partial charge is 0.374 e. The third-order valence-electron chi connectivity index (χ3n) is 5.06. The van der Waals surface area contributed by atoms with Crippen molar-refractivity contribution < 1.29 is 32.3 Å². The van der Waals surface area contributed by atoms with E-state index in [4.69, 9.17) is 16.3 Å². The van der Waals surface area contributed by atoms with Crippen molar-refractivity contribution in [3.63, 3.8) is 0 Å². The molecule has 146 valence electrons. The Kier molecular flexibility index (Phi) is 5.67. The molecule has 2 aliphatic rings. The van der Waals surface area contributed by atoms with Crippen LogP contribution >= 0.6 is 11.6 Å². The summed E-state index contributed by atoms with van der Waals surface area (Å²) >= 11 is 5.49. The highest BCUT2D eigenvalue weighted by molar-refractivity contribution is 6.26. The predicted molar refractivity (Wildman–Crippen MR) is 88.3 cm³/mol. The van der Waals surface area contributed by atoms with Gasteiger partial charge >= 0.3 is 6.18 Å². The second kappa shape index (κ2) is 7.67. The number of carbonyl (C=O) groups excluding carboxylic acids is 3. The first kappa shape index (κ1) is 19.9. The van der Waals surface area contributed by atoms with Crippen LogP contribution in [0.5, 0.6) is 0 Å². The fourth-order valence-corrected chi connectivity index (χ4v) is 3.85. The van der Waals surface area contributed by atoms with E-state index in [0.29, 0.717) is 25.3 Å². The fraction of sp³-hybridized carbons (Fsp3) is 0.556. The molecular weight excluding hydrogens is 387 g/mol. The van der Waals surface area contributed by atoms with Crippen LogP contribution in [0.4, 0.5) is 13.2 Å². The monoisotopic (exact) mass is 403 g/mol. The molecule has 27 heavy (non-hydrogen) atoms. The lowest BCUT2D eigenvalue weighted by Crippen LogP contribution is -2.42. The second-order valence-electron chi connectivity index (χ2n) is 6.74. The van der Waals surface area contributed by atoms with Gasteiger partial charge in [-0.1, -0.05) is 0 Å². The standard InChI is InChI=1S/C18H17ClF3NO4/c19-5-6-27-8-12-11(3-4-13(23-12)18(20,21)22)17(26)14-15(24)9-1-2-10(7-9)16(14)25/h3-4,9-10,14H,1-2,5-8H2. The Morgan fingerprint density at radius 1 is 1.19 bits per heavy atom. The van der Waals surface area contributed by atoms with Gasteiger partial charge in [0, 0.05) is 23.3 Å². The van der Waals surface area contributed by atoms with Crippen LogP contribution in [0.1, 0.15) is 41.0 Å². The molecule has 5 nitrogen and oxygen atoms in total. The summed E-state index contributed by atoms with van der Waals surface area (Å²) in [6, 6.07) is 1.64. The molecule has 2 bridgehead atoms. The molecule has 2 fully saturated rings. The summed E-state index contributed by atoms with van der Waals surface area (Å²) in [5.41, 5.74) is -1.62. The van der Waals surface area contributed by atoms with Crippen LogP contribution < -0.4 is 0 Å². The van der Waals surface area contributed by atoms with Crippen molar-refractivity contribution in [3.8, 4) is 0 Å². The molecule has 2 saturated carbocycles. The zero-order chi connectivity index (χ0) is 19.8. The number of alkyl halides is 4. The Morgan fingerprint density at radius 2 is 1.81 bits per heavy atom. The largest absolute Gasteiger partial charge is 0.433 e. The maximum absolute atomic E-state index is 13.0. The number of hydrogen-bond donors (Lipinski definition) is 0. The van der Waals surface area contributed by atoms with E-state index in [0.717, 1.165) is 6.07 Å². The quantitative estimate of drug-likeness (QED) is 0.315. The van der Waals surface area contributed by atoms with E-state index in [-0.39, 0.29) is 42.2 Å². The number of pyridine rings is 1. The van der Waals surface area contributed by atoms with Crippen molar-refractivity contribution in [1.29, 1.82) is 0 Å². The van der Waals surface area contributed by atoms with Crippen LogP contribution in [0.25, 0.3) is 0 Å². The van der Waals surface area contributed by atoms with Crippen LogP contribution in [-0.4, -0.2) is 34.8 Å². The van der Waals surface area contributed by atoms with Gasteiger partial charge in [-0.15, -0.1) is 11.6 Å².